The minimum atomic E-state index is 0.0353. The number of hydrogen-bond acceptors (Lipinski definition) is 2. The number of nitriles is 1. The molecule has 2 unspecified atom stereocenters. The molecule has 0 radical (unpaired) electrons. The van der Waals surface area contributed by atoms with Crippen LogP contribution in [0.5, 0.6) is 0 Å². The van der Waals surface area contributed by atoms with E-state index in [0.29, 0.717) is 5.92 Å². The summed E-state index contributed by atoms with van der Waals surface area (Å²) in [5.41, 5.74) is 1.13. The van der Waals surface area contributed by atoms with Crippen molar-refractivity contribution in [2.24, 2.45) is 5.92 Å². The highest BCUT2D eigenvalue weighted by atomic mass is 79.9. The molecule has 0 spiro atoms. The van der Waals surface area contributed by atoms with E-state index in [1.807, 2.05) is 24.3 Å². The van der Waals surface area contributed by atoms with Gasteiger partial charge in [-0.3, -0.25) is 0 Å². The van der Waals surface area contributed by atoms with Gasteiger partial charge in [-0.2, -0.15) is 5.26 Å². The maximum atomic E-state index is 9.22. The fourth-order valence-electron chi connectivity index (χ4n) is 2.08. The van der Waals surface area contributed by atoms with Crippen LogP contribution in [0, 0.1) is 17.2 Å². The Morgan fingerprint density at radius 1 is 1.40 bits per heavy atom. The number of rotatable bonds is 2. The molecule has 0 aromatic heterocycles. The first kappa shape index (κ1) is 10.7. The van der Waals surface area contributed by atoms with Crippen molar-refractivity contribution in [3.05, 3.63) is 34.3 Å². The van der Waals surface area contributed by atoms with Crippen LogP contribution in [-0.2, 0) is 0 Å². The molecule has 1 aromatic carbocycles. The van der Waals surface area contributed by atoms with Gasteiger partial charge in [0.15, 0.2) is 0 Å². The molecule has 0 aliphatic carbocycles. The lowest BCUT2D eigenvalue weighted by atomic mass is 9.87. The largest absolute Gasteiger partial charge is 0.316 e. The van der Waals surface area contributed by atoms with Gasteiger partial charge >= 0.3 is 0 Å². The average Bonchev–Trinajstić information content (AvgIpc) is 2.75. The normalized spacial score (nSPS) is 22.3. The summed E-state index contributed by atoms with van der Waals surface area (Å²) in [7, 11) is 0. The van der Waals surface area contributed by atoms with Crippen LogP contribution in [0.15, 0.2) is 28.7 Å². The molecule has 2 nitrogen and oxygen atoms in total. The van der Waals surface area contributed by atoms with Gasteiger partial charge in [0.2, 0.25) is 0 Å². The SMILES string of the molecule is N#CC(c1ccc(Br)cc1)C1CCNC1. The first-order valence-electron chi connectivity index (χ1n) is 5.17. The third kappa shape index (κ3) is 2.39. The molecule has 1 aromatic rings. The third-order valence-electron chi connectivity index (χ3n) is 2.94. The Kier molecular flexibility index (Phi) is 3.40. The second-order valence-electron chi connectivity index (χ2n) is 3.91. The zero-order valence-electron chi connectivity index (χ0n) is 8.41. The third-order valence-corrected chi connectivity index (χ3v) is 3.47. The van der Waals surface area contributed by atoms with Crippen molar-refractivity contribution >= 4 is 15.9 Å². The van der Waals surface area contributed by atoms with Crippen LogP contribution < -0.4 is 5.32 Å². The summed E-state index contributed by atoms with van der Waals surface area (Å²) >= 11 is 3.40. The standard InChI is InChI=1S/C12H13BrN2/c13-11-3-1-9(2-4-11)12(7-14)10-5-6-15-8-10/h1-4,10,12,15H,5-6,8H2. The lowest BCUT2D eigenvalue weighted by Gasteiger charge is -2.15. The van der Waals surface area contributed by atoms with Crippen LogP contribution in [0.1, 0.15) is 17.9 Å². The van der Waals surface area contributed by atoms with Crippen LogP contribution in [0.25, 0.3) is 0 Å². The van der Waals surface area contributed by atoms with Gasteiger partial charge in [-0.15, -0.1) is 0 Å². The lowest BCUT2D eigenvalue weighted by molar-refractivity contribution is 0.531. The van der Waals surface area contributed by atoms with Gasteiger partial charge in [0.25, 0.3) is 0 Å². The molecule has 0 saturated carbocycles. The predicted molar refractivity (Wildman–Crippen MR) is 63.5 cm³/mol. The molecule has 2 rings (SSSR count). The predicted octanol–water partition coefficient (Wildman–Crippen LogP) is 2.67. The van der Waals surface area contributed by atoms with Gasteiger partial charge in [-0.05, 0) is 43.1 Å². The fourth-order valence-corrected chi connectivity index (χ4v) is 2.35. The van der Waals surface area contributed by atoms with Gasteiger partial charge in [0.05, 0.1) is 12.0 Å². The van der Waals surface area contributed by atoms with Crippen LogP contribution in [-0.4, -0.2) is 13.1 Å². The molecule has 3 heteroatoms. The summed E-state index contributed by atoms with van der Waals surface area (Å²) in [5, 5.41) is 12.5. The van der Waals surface area contributed by atoms with Crippen LogP contribution in [0.4, 0.5) is 0 Å². The Labute approximate surface area is 98.4 Å². The van der Waals surface area contributed by atoms with Gasteiger partial charge in [0, 0.05) is 4.47 Å². The highest BCUT2D eigenvalue weighted by Gasteiger charge is 2.25. The molecule has 2 atom stereocenters. The van der Waals surface area contributed by atoms with E-state index >= 15 is 0 Å². The Morgan fingerprint density at radius 3 is 2.67 bits per heavy atom. The molecule has 1 saturated heterocycles. The quantitative estimate of drug-likeness (QED) is 0.892. The van der Waals surface area contributed by atoms with E-state index in [1.54, 1.807) is 0 Å². The van der Waals surface area contributed by atoms with E-state index in [9.17, 15) is 5.26 Å². The van der Waals surface area contributed by atoms with Crippen molar-refractivity contribution in [2.75, 3.05) is 13.1 Å². The monoisotopic (exact) mass is 264 g/mol. The Balaban J connectivity index is 2.19. The van der Waals surface area contributed by atoms with E-state index in [-0.39, 0.29) is 5.92 Å². The number of halogens is 1. The van der Waals surface area contributed by atoms with Crippen LogP contribution in [0.3, 0.4) is 0 Å². The number of nitrogens with zero attached hydrogens (tertiary/aromatic N) is 1. The second-order valence-corrected chi connectivity index (χ2v) is 4.83. The van der Waals surface area contributed by atoms with E-state index in [4.69, 9.17) is 0 Å². The zero-order chi connectivity index (χ0) is 10.7. The van der Waals surface area contributed by atoms with Crippen molar-refractivity contribution < 1.29 is 0 Å². The first-order valence-corrected chi connectivity index (χ1v) is 5.96. The molecule has 1 heterocycles. The molecule has 1 aliphatic heterocycles. The fraction of sp³-hybridized carbons (Fsp3) is 0.417. The van der Waals surface area contributed by atoms with E-state index in [0.717, 1.165) is 29.5 Å². The highest BCUT2D eigenvalue weighted by Crippen LogP contribution is 2.29. The molecule has 1 fully saturated rings. The minimum Gasteiger partial charge on any atom is -0.316 e. The molecule has 15 heavy (non-hydrogen) atoms. The van der Waals surface area contributed by atoms with Crippen molar-refractivity contribution in [3.63, 3.8) is 0 Å². The summed E-state index contributed by atoms with van der Waals surface area (Å²) in [4.78, 5) is 0. The number of hydrogen-bond donors (Lipinski definition) is 1. The van der Waals surface area contributed by atoms with Gasteiger partial charge in [-0.25, -0.2) is 0 Å². The molecule has 0 amide bonds. The topological polar surface area (TPSA) is 35.8 Å². The van der Waals surface area contributed by atoms with E-state index in [1.165, 1.54) is 0 Å². The van der Waals surface area contributed by atoms with Gasteiger partial charge in [-0.1, -0.05) is 28.1 Å². The Hall–Kier alpha value is -0.850. The zero-order valence-corrected chi connectivity index (χ0v) is 10.00. The Morgan fingerprint density at radius 2 is 2.13 bits per heavy atom. The van der Waals surface area contributed by atoms with Crippen molar-refractivity contribution in [1.82, 2.24) is 5.32 Å². The summed E-state index contributed by atoms with van der Waals surface area (Å²) < 4.78 is 1.06. The smallest absolute Gasteiger partial charge is 0.0753 e. The van der Waals surface area contributed by atoms with Crippen LogP contribution in [0.2, 0.25) is 0 Å². The second kappa shape index (κ2) is 4.78. The maximum Gasteiger partial charge on any atom is 0.0753 e. The molecule has 0 bridgehead atoms. The summed E-state index contributed by atoms with van der Waals surface area (Å²) in [6.07, 6.45) is 1.11. The number of benzene rings is 1. The molecule has 1 aliphatic rings. The highest BCUT2D eigenvalue weighted by molar-refractivity contribution is 9.10. The lowest BCUT2D eigenvalue weighted by Crippen LogP contribution is -2.15. The van der Waals surface area contributed by atoms with Gasteiger partial charge < -0.3 is 5.32 Å². The summed E-state index contributed by atoms with van der Waals surface area (Å²) in [5.74, 6) is 0.504. The number of nitrogens with one attached hydrogen (secondary N) is 1. The average molecular weight is 265 g/mol. The molecule has 1 N–H and O–H groups in total. The Bertz CT molecular complexity index is 360. The molecular weight excluding hydrogens is 252 g/mol. The van der Waals surface area contributed by atoms with Crippen molar-refractivity contribution in [2.45, 2.75) is 12.3 Å². The van der Waals surface area contributed by atoms with Gasteiger partial charge in [0.1, 0.15) is 0 Å². The minimum absolute atomic E-state index is 0.0353. The molecular formula is C12H13BrN2. The van der Waals surface area contributed by atoms with Crippen molar-refractivity contribution in [1.29, 1.82) is 5.26 Å². The maximum absolute atomic E-state index is 9.22. The summed E-state index contributed by atoms with van der Waals surface area (Å²) in [6, 6.07) is 10.5. The first-order chi connectivity index (χ1) is 7.31. The van der Waals surface area contributed by atoms with E-state index in [2.05, 4.69) is 27.3 Å². The van der Waals surface area contributed by atoms with Crippen LogP contribution >= 0.6 is 15.9 Å². The molecule has 78 valence electrons. The summed E-state index contributed by atoms with van der Waals surface area (Å²) in [6.45, 7) is 2.01. The van der Waals surface area contributed by atoms with E-state index < -0.39 is 0 Å². The van der Waals surface area contributed by atoms with Crippen molar-refractivity contribution in [3.8, 4) is 6.07 Å².